The van der Waals surface area contributed by atoms with Crippen LogP contribution in [0, 0.1) is 19.8 Å². The minimum atomic E-state index is -0.935. The number of hydrogen-bond donors (Lipinski definition) is 0. The average molecular weight is 291 g/mol. The molecule has 0 amide bonds. The fourth-order valence-corrected chi connectivity index (χ4v) is 2.12. The van der Waals surface area contributed by atoms with E-state index in [1.54, 1.807) is 32.9 Å². The molecule has 0 radical (unpaired) electrons. The number of esters is 1. The molecule has 0 spiro atoms. The largest absolute Gasteiger partial charge is 0.465 e. The number of nitrogens with zero attached hydrogens (tertiary/aromatic N) is 1. The van der Waals surface area contributed by atoms with Crippen LogP contribution in [-0.2, 0) is 14.3 Å². The van der Waals surface area contributed by atoms with Crippen LogP contribution < -0.4 is 0 Å². The number of carbonyl (C=O) groups is 3. The molecular weight excluding hydrogens is 270 g/mol. The molecule has 0 saturated carbocycles. The lowest BCUT2D eigenvalue weighted by Gasteiger charge is -2.14. The summed E-state index contributed by atoms with van der Waals surface area (Å²) >= 11 is 0. The standard InChI is InChI=1S/C16H21NO4/c1-5-21-16(20)14(7-6-12(4)18)15(19)13-8-10(2)17-11(3)9-13/h8-9,14H,5-7H2,1-4H3. The van der Waals surface area contributed by atoms with Gasteiger partial charge in [-0.25, -0.2) is 0 Å². The van der Waals surface area contributed by atoms with Crippen LogP contribution in [-0.4, -0.2) is 29.1 Å². The maximum Gasteiger partial charge on any atom is 0.316 e. The summed E-state index contributed by atoms with van der Waals surface area (Å²) in [5, 5.41) is 0. The van der Waals surface area contributed by atoms with Crippen molar-refractivity contribution in [2.24, 2.45) is 5.92 Å². The smallest absolute Gasteiger partial charge is 0.316 e. The zero-order valence-corrected chi connectivity index (χ0v) is 12.9. The Morgan fingerprint density at radius 2 is 1.76 bits per heavy atom. The summed E-state index contributed by atoms with van der Waals surface area (Å²) in [6, 6.07) is 3.30. The van der Waals surface area contributed by atoms with Crippen LogP contribution >= 0.6 is 0 Å². The number of carbonyl (C=O) groups excluding carboxylic acids is 3. The number of ketones is 2. The lowest BCUT2D eigenvalue weighted by atomic mass is 9.92. The predicted octanol–water partition coefficient (Wildman–Crippen LogP) is 2.43. The van der Waals surface area contributed by atoms with Crippen molar-refractivity contribution in [2.45, 2.75) is 40.5 Å². The highest BCUT2D eigenvalue weighted by atomic mass is 16.5. The Kier molecular flexibility index (Phi) is 6.21. The third kappa shape index (κ3) is 5.10. The number of aryl methyl sites for hydroxylation is 2. The Balaban J connectivity index is 3.02. The van der Waals surface area contributed by atoms with Crippen LogP contribution in [0.5, 0.6) is 0 Å². The third-order valence-electron chi connectivity index (χ3n) is 3.04. The first-order chi connectivity index (χ1) is 9.85. The minimum absolute atomic E-state index is 0.0563. The van der Waals surface area contributed by atoms with E-state index in [4.69, 9.17) is 4.74 Å². The zero-order chi connectivity index (χ0) is 16.0. The number of pyridine rings is 1. The van der Waals surface area contributed by atoms with Crippen molar-refractivity contribution in [3.8, 4) is 0 Å². The van der Waals surface area contributed by atoms with E-state index in [0.29, 0.717) is 17.0 Å². The average Bonchev–Trinajstić information content (AvgIpc) is 2.37. The van der Waals surface area contributed by atoms with Crippen molar-refractivity contribution >= 4 is 17.5 Å². The molecule has 5 heteroatoms. The number of rotatable bonds is 7. The van der Waals surface area contributed by atoms with Gasteiger partial charge in [0, 0.05) is 23.4 Å². The molecule has 0 N–H and O–H groups in total. The van der Waals surface area contributed by atoms with Crippen molar-refractivity contribution in [3.05, 3.63) is 29.1 Å². The van der Waals surface area contributed by atoms with Crippen molar-refractivity contribution < 1.29 is 19.1 Å². The van der Waals surface area contributed by atoms with Gasteiger partial charge in [-0.05, 0) is 46.2 Å². The normalized spacial score (nSPS) is 11.8. The van der Waals surface area contributed by atoms with Gasteiger partial charge in [0.25, 0.3) is 0 Å². The van der Waals surface area contributed by atoms with Gasteiger partial charge in [-0.3, -0.25) is 14.6 Å². The fraction of sp³-hybridized carbons (Fsp3) is 0.500. The molecule has 1 heterocycles. The fourth-order valence-electron chi connectivity index (χ4n) is 2.12. The van der Waals surface area contributed by atoms with Gasteiger partial charge in [0.2, 0.25) is 0 Å². The molecule has 0 aliphatic rings. The van der Waals surface area contributed by atoms with Gasteiger partial charge in [-0.1, -0.05) is 0 Å². The molecule has 21 heavy (non-hydrogen) atoms. The molecule has 1 aromatic heterocycles. The van der Waals surface area contributed by atoms with Crippen LogP contribution in [0.2, 0.25) is 0 Å². The molecular formula is C16H21NO4. The van der Waals surface area contributed by atoms with E-state index in [-0.39, 0.29) is 31.0 Å². The molecule has 114 valence electrons. The monoisotopic (exact) mass is 291 g/mol. The Labute approximate surface area is 124 Å². The maximum absolute atomic E-state index is 12.5. The molecule has 0 fully saturated rings. The molecule has 0 aliphatic carbocycles. The van der Waals surface area contributed by atoms with Crippen LogP contribution in [0.3, 0.4) is 0 Å². The molecule has 0 aliphatic heterocycles. The molecule has 1 atom stereocenters. The predicted molar refractivity (Wildman–Crippen MR) is 78.1 cm³/mol. The van der Waals surface area contributed by atoms with E-state index in [1.807, 2.05) is 0 Å². The lowest BCUT2D eigenvalue weighted by Crippen LogP contribution is -2.27. The second-order valence-corrected chi connectivity index (χ2v) is 5.05. The minimum Gasteiger partial charge on any atom is -0.465 e. The van der Waals surface area contributed by atoms with Crippen LogP contribution in [0.25, 0.3) is 0 Å². The topological polar surface area (TPSA) is 73.3 Å². The summed E-state index contributed by atoms with van der Waals surface area (Å²) in [5.41, 5.74) is 1.86. The van der Waals surface area contributed by atoms with Crippen molar-refractivity contribution in [2.75, 3.05) is 6.61 Å². The summed E-state index contributed by atoms with van der Waals surface area (Å²) in [6.45, 7) is 6.91. The molecule has 0 aromatic carbocycles. The lowest BCUT2D eigenvalue weighted by molar-refractivity contribution is -0.146. The Hall–Kier alpha value is -2.04. The zero-order valence-electron chi connectivity index (χ0n) is 12.9. The second kappa shape index (κ2) is 7.67. The number of Topliss-reactive ketones (excluding diaryl/α,β-unsaturated/α-hetero) is 2. The molecule has 1 rings (SSSR count). The van der Waals surface area contributed by atoms with E-state index in [9.17, 15) is 14.4 Å². The number of ether oxygens (including phenoxy) is 1. The van der Waals surface area contributed by atoms with E-state index in [2.05, 4.69) is 4.98 Å². The van der Waals surface area contributed by atoms with E-state index in [1.165, 1.54) is 6.92 Å². The van der Waals surface area contributed by atoms with Crippen molar-refractivity contribution in [1.82, 2.24) is 4.98 Å². The molecule has 1 unspecified atom stereocenters. The third-order valence-corrected chi connectivity index (χ3v) is 3.04. The summed E-state index contributed by atoms with van der Waals surface area (Å²) in [5.74, 6) is -1.88. The second-order valence-electron chi connectivity index (χ2n) is 5.05. The van der Waals surface area contributed by atoms with Gasteiger partial charge in [-0.15, -0.1) is 0 Å². The van der Waals surface area contributed by atoms with Gasteiger partial charge in [-0.2, -0.15) is 0 Å². The van der Waals surface area contributed by atoms with Crippen molar-refractivity contribution in [1.29, 1.82) is 0 Å². The quantitative estimate of drug-likeness (QED) is 0.438. The van der Waals surface area contributed by atoms with Crippen molar-refractivity contribution in [3.63, 3.8) is 0 Å². The first-order valence-corrected chi connectivity index (χ1v) is 7.00. The molecule has 0 saturated heterocycles. The van der Waals surface area contributed by atoms with Gasteiger partial charge in [0.05, 0.1) is 6.61 Å². The van der Waals surface area contributed by atoms with Gasteiger partial charge in [0.15, 0.2) is 5.78 Å². The van der Waals surface area contributed by atoms with Crippen LogP contribution in [0.15, 0.2) is 12.1 Å². The highest BCUT2D eigenvalue weighted by molar-refractivity contribution is 6.08. The Morgan fingerprint density at radius 3 is 2.24 bits per heavy atom. The highest BCUT2D eigenvalue weighted by Gasteiger charge is 2.29. The molecule has 5 nitrogen and oxygen atoms in total. The number of hydrogen-bond acceptors (Lipinski definition) is 5. The maximum atomic E-state index is 12.5. The first-order valence-electron chi connectivity index (χ1n) is 7.00. The number of aromatic nitrogens is 1. The first kappa shape index (κ1) is 17.0. The molecule has 1 aromatic rings. The Morgan fingerprint density at radius 1 is 1.19 bits per heavy atom. The van der Waals surface area contributed by atoms with Gasteiger partial charge in [0.1, 0.15) is 11.7 Å². The summed E-state index contributed by atoms with van der Waals surface area (Å²) in [7, 11) is 0. The summed E-state index contributed by atoms with van der Waals surface area (Å²) in [4.78, 5) is 39.8. The van der Waals surface area contributed by atoms with E-state index >= 15 is 0 Å². The van der Waals surface area contributed by atoms with Crippen LogP contribution in [0.4, 0.5) is 0 Å². The summed E-state index contributed by atoms with van der Waals surface area (Å²) < 4.78 is 4.95. The van der Waals surface area contributed by atoms with Gasteiger partial charge < -0.3 is 9.53 Å². The van der Waals surface area contributed by atoms with Gasteiger partial charge >= 0.3 is 5.97 Å². The Bertz CT molecular complexity index is 531. The molecule has 0 bridgehead atoms. The van der Waals surface area contributed by atoms with E-state index < -0.39 is 11.9 Å². The van der Waals surface area contributed by atoms with Crippen LogP contribution in [0.1, 0.15) is 48.4 Å². The van der Waals surface area contributed by atoms with E-state index in [0.717, 1.165) is 0 Å². The summed E-state index contributed by atoms with van der Waals surface area (Å²) in [6.07, 6.45) is 0.353. The SMILES string of the molecule is CCOC(=O)C(CCC(C)=O)C(=O)c1cc(C)nc(C)c1. The highest BCUT2D eigenvalue weighted by Crippen LogP contribution is 2.18.